The molecule has 23 heavy (non-hydrogen) atoms. The zero-order valence-electron chi connectivity index (χ0n) is 12.3. The van der Waals surface area contributed by atoms with Gasteiger partial charge in [-0.05, 0) is 50.1 Å². The van der Waals surface area contributed by atoms with Gasteiger partial charge in [0.1, 0.15) is 0 Å². The fourth-order valence-corrected chi connectivity index (χ4v) is 2.35. The van der Waals surface area contributed by atoms with Gasteiger partial charge in [-0.15, -0.1) is 0 Å². The molecule has 2 aromatic rings. The molecule has 126 valence electrons. The van der Waals surface area contributed by atoms with Crippen LogP contribution in [0.5, 0.6) is 0 Å². The van der Waals surface area contributed by atoms with E-state index in [-0.39, 0.29) is 16.5 Å². The molecule has 0 saturated carbocycles. The van der Waals surface area contributed by atoms with Gasteiger partial charge in [0, 0.05) is 16.6 Å². The number of aryl methyl sites for hydroxylation is 3. The van der Waals surface area contributed by atoms with Crippen LogP contribution in [0.3, 0.4) is 0 Å². The van der Waals surface area contributed by atoms with Crippen molar-refractivity contribution in [2.24, 2.45) is 0 Å². The first-order chi connectivity index (χ1) is 10.3. The lowest BCUT2D eigenvalue weighted by atomic mass is 9.91. The summed E-state index contributed by atoms with van der Waals surface area (Å²) >= 11 is 0. The Kier molecular flexibility index (Phi) is 3.86. The van der Waals surface area contributed by atoms with Crippen molar-refractivity contribution in [3.63, 3.8) is 0 Å². The number of fused-ring (bicyclic) bond motifs is 1. The zero-order valence-corrected chi connectivity index (χ0v) is 12.3. The van der Waals surface area contributed by atoms with Crippen LogP contribution < -0.4 is 0 Å². The molecule has 0 bridgehead atoms. The minimum Gasteiger partial charge on any atom is -0.253 e. The maximum atomic E-state index is 14.2. The monoisotopic (exact) mass is 339 g/mol. The lowest BCUT2D eigenvalue weighted by molar-refractivity contribution is -0.348. The summed E-state index contributed by atoms with van der Waals surface area (Å²) in [5.41, 5.74) is -5.48. The average molecular weight is 339 g/mol. The summed E-state index contributed by atoms with van der Waals surface area (Å²) in [7, 11) is 0. The van der Waals surface area contributed by atoms with E-state index in [1.165, 1.54) is 13.0 Å². The summed E-state index contributed by atoms with van der Waals surface area (Å²) in [4.78, 5) is 4.14. The van der Waals surface area contributed by atoms with Crippen LogP contribution in [0.1, 0.15) is 22.4 Å². The maximum Gasteiger partial charge on any atom is 0.435 e. The number of pyridine rings is 1. The van der Waals surface area contributed by atoms with E-state index in [1.807, 2.05) is 0 Å². The van der Waals surface area contributed by atoms with Gasteiger partial charge in [0.05, 0.1) is 5.52 Å². The van der Waals surface area contributed by atoms with Gasteiger partial charge in [-0.2, -0.15) is 26.3 Å². The molecule has 1 nitrogen and oxygen atoms in total. The van der Waals surface area contributed by atoms with Crippen LogP contribution in [-0.2, 0) is 5.67 Å². The number of halogens is 7. The smallest absolute Gasteiger partial charge is 0.253 e. The van der Waals surface area contributed by atoms with Crippen LogP contribution >= 0.6 is 0 Å². The molecule has 0 saturated heterocycles. The highest BCUT2D eigenvalue weighted by atomic mass is 19.4. The average Bonchev–Trinajstić information content (AvgIpc) is 2.37. The van der Waals surface area contributed by atoms with Crippen molar-refractivity contribution in [3.05, 3.63) is 40.6 Å². The van der Waals surface area contributed by atoms with E-state index in [1.54, 1.807) is 13.8 Å². The Labute approximate surface area is 127 Å². The minimum absolute atomic E-state index is 0.0265. The molecule has 0 fully saturated rings. The largest absolute Gasteiger partial charge is 0.435 e. The summed E-state index contributed by atoms with van der Waals surface area (Å²) in [6.07, 6.45) is -12.3. The van der Waals surface area contributed by atoms with E-state index in [0.29, 0.717) is 23.4 Å². The van der Waals surface area contributed by atoms with Gasteiger partial charge in [-0.1, -0.05) is 0 Å². The number of rotatable bonds is 1. The fraction of sp³-hybridized carbons (Fsp3) is 0.400. The van der Waals surface area contributed by atoms with Crippen LogP contribution in [0.2, 0.25) is 0 Å². The molecule has 1 aromatic carbocycles. The van der Waals surface area contributed by atoms with E-state index >= 15 is 0 Å². The highest BCUT2D eigenvalue weighted by Gasteiger charge is 2.73. The molecule has 0 unspecified atom stereocenters. The number of hydrogen-bond donors (Lipinski definition) is 0. The van der Waals surface area contributed by atoms with E-state index < -0.39 is 23.6 Å². The van der Waals surface area contributed by atoms with E-state index in [0.717, 1.165) is 0 Å². The van der Waals surface area contributed by atoms with Crippen LogP contribution in [0.15, 0.2) is 18.2 Å². The van der Waals surface area contributed by atoms with Gasteiger partial charge in [0.25, 0.3) is 0 Å². The molecule has 0 amide bonds. The van der Waals surface area contributed by atoms with Crippen LogP contribution in [0, 0.1) is 20.8 Å². The molecule has 0 N–H and O–H groups in total. The molecule has 0 atom stereocenters. The van der Waals surface area contributed by atoms with Crippen molar-refractivity contribution in [3.8, 4) is 0 Å². The summed E-state index contributed by atoms with van der Waals surface area (Å²) < 4.78 is 91.3. The first kappa shape index (κ1) is 17.5. The molecule has 8 heteroatoms. The summed E-state index contributed by atoms with van der Waals surface area (Å²) in [6.45, 7) is 4.56. The molecular weight excluding hydrogens is 327 g/mol. The Morgan fingerprint density at radius 2 is 1.26 bits per heavy atom. The predicted molar refractivity (Wildman–Crippen MR) is 70.9 cm³/mol. The Hall–Kier alpha value is -1.86. The van der Waals surface area contributed by atoms with E-state index in [2.05, 4.69) is 4.98 Å². The molecule has 1 aromatic heterocycles. The van der Waals surface area contributed by atoms with Crippen LogP contribution in [0.4, 0.5) is 30.7 Å². The lowest BCUT2D eigenvalue weighted by Gasteiger charge is -2.30. The second-order valence-corrected chi connectivity index (χ2v) is 5.41. The number of hydrogen-bond acceptors (Lipinski definition) is 1. The highest BCUT2D eigenvalue weighted by molar-refractivity contribution is 5.83. The Morgan fingerprint density at radius 3 is 1.74 bits per heavy atom. The van der Waals surface area contributed by atoms with Gasteiger partial charge in [0.2, 0.25) is 0 Å². The number of nitrogens with zero attached hydrogens (tertiary/aromatic N) is 1. The van der Waals surface area contributed by atoms with Crippen LogP contribution in [0.25, 0.3) is 10.9 Å². The Balaban J connectivity index is 2.84. The molecule has 0 aliphatic carbocycles. The van der Waals surface area contributed by atoms with Crippen molar-refractivity contribution < 1.29 is 30.7 Å². The van der Waals surface area contributed by atoms with Crippen molar-refractivity contribution in [2.45, 2.75) is 38.8 Å². The zero-order chi connectivity index (χ0) is 17.8. The number of benzene rings is 1. The van der Waals surface area contributed by atoms with Crippen molar-refractivity contribution in [1.82, 2.24) is 4.98 Å². The normalized spacial score (nSPS) is 13.7. The van der Waals surface area contributed by atoms with Crippen LogP contribution in [-0.4, -0.2) is 17.3 Å². The summed E-state index contributed by atoms with van der Waals surface area (Å²) in [5, 5.41) is 0.0265. The lowest BCUT2D eigenvalue weighted by Crippen LogP contribution is -2.50. The third-order valence-electron chi connectivity index (χ3n) is 3.73. The minimum atomic E-state index is -6.13. The molecule has 1 heterocycles. The first-order valence-corrected chi connectivity index (χ1v) is 6.50. The van der Waals surface area contributed by atoms with Crippen molar-refractivity contribution in [2.75, 3.05) is 0 Å². The van der Waals surface area contributed by atoms with E-state index in [9.17, 15) is 30.7 Å². The predicted octanol–water partition coefficient (Wildman–Crippen LogP) is 5.45. The summed E-state index contributed by atoms with van der Waals surface area (Å²) in [6, 6.07) is 2.50. The van der Waals surface area contributed by atoms with Gasteiger partial charge in [0.15, 0.2) is 0 Å². The molecular formula is C15H12F7N. The Morgan fingerprint density at radius 1 is 0.739 bits per heavy atom. The second-order valence-electron chi connectivity index (χ2n) is 5.41. The summed E-state index contributed by atoms with van der Waals surface area (Å²) in [5.74, 6) is 0. The fourth-order valence-electron chi connectivity index (χ4n) is 2.35. The quantitative estimate of drug-likeness (QED) is 0.630. The standard InChI is InChI=1S/C15H12F7N/c1-7-4-10-6-11(5-8(2)12(10)23-9(7)3)13(16,14(17,18)19)15(20,21)22/h4-6H,1-3H3. The van der Waals surface area contributed by atoms with E-state index in [4.69, 9.17) is 0 Å². The molecule has 0 radical (unpaired) electrons. The Bertz CT molecular complexity index is 745. The highest BCUT2D eigenvalue weighted by Crippen LogP contribution is 2.53. The third kappa shape index (κ3) is 2.64. The van der Waals surface area contributed by atoms with Crippen molar-refractivity contribution >= 4 is 10.9 Å². The van der Waals surface area contributed by atoms with Gasteiger partial charge in [-0.25, -0.2) is 4.39 Å². The maximum absolute atomic E-state index is 14.2. The number of aromatic nitrogens is 1. The topological polar surface area (TPSA) is 12.9 Å². The van der Waals surface area contributed by atoms with Gasteiger partial charge in [-0.3, -0.25) is 4.98 Å². The van der Waals surface area contributed by atoms with Crippen molar-refractivity contribution in [1.29, 1.82) is 0 Å². The molecule has 0 aliphatic heterocycles. The first-order valence-electron chi connectivity index (χ1n) is 6.50. The van der Waals surface area contributed by atoms with Gasteiger partial charge < -0.3 is 0 Å². The molecule has 0 aliphatic rings. The SMILES string of the molecule is Cc1cc2cc(C(F)(C(F)(F)F)C(F)(F)F)cc(C)c2nc1C. The third-order valence-corrected chi connectivity index (χ3v) is 3.73. The van der Waals surface area contributed by atoms with Gasteiger partial charge >= 0.3 is 18.0 Å². The molecule has 2 rings (SSSR count). The molecule has 0 spiro atoms. The number of alkyl halides is 7. The second kappa shape index (κ2) is 5.07.